The Balaban J connectivity index is 2.12. The number of amides is 1. The van der Waals surface area contributed by atoms with Crippen molar-refractivity contribution in [2.45, 2.75) is 53.4 Å². The molecule has 0 saturated heterocycles. The fraction of sp³-hybridized carbons (Fsp3) is 0.370. The van der Waals surface area contributed by atoms with Gasteiger partial charge in [0.25, 0.3) is 5.91 Å². The van der Waals surface area contributed by atoms with Gasteiger partial charge in [0.1, 0.15) is 0 Å². The number of rotatable bonds is 10. The zero-order valence-electron chi connectivity index (χ0n) is 18.8. The molecule has 0 aliphatic carbocycles. The van der Waals surface area contributed by atoms with Gasteiger partial charge in [-0.1, -0.05) is 65.3 Å². The van der Waals surface area contributed by atoms with Crippen molar-refractivity contribution >= 4 is 22.8 Å². The van der Waals surface area contributed by atoms with Crippen molar-refractivity contribution in [3.8, 4) is 0 Å². The molecule has 2 rings (SSSR count). The van der Waals surface area contributed by atoms with E-state index in [0.717, 1.165) is 42.0 Å². The monoisotopic (exact) mass is 405 g/mol. The van der Waals surface area contributed by atoms with Crippen molar-refractivity contribution in [1.82, 2.24) is 5.32 Å². The van der Waals surface area contributed by atoms with E-state index in [1.54, 1.807) is 0 Å². The largest absolute Gasteiger partial charge is 0.395 e. The summed E-state index contributed by atoms with van der Waals surface area (Å²) in [6, 6.07) is 11.9. The van der Waals surface area contributed by atoms with E-state index in [4.69, 9.17) is 5.11 Å². The highest BCUT2D eigenvalue weighted by Gasteiger charge is 2.11. The van der Waals surface area contributed by atoms with Gasteiger partial charge in [-0.2, -0.15) is 0 Å². The Hall–Kier alpha value is -2.65. The first kappa shape index (κ1) is 23.6. The first-order valence-corrected chi connectivity index (χ1v) is 10.8. The number of aliphatic hydroxyl groups excluding tert-OH is 1. The van der Waals surface area contributed by atoms with E-state index in [0.29, 0.717) is 5.56 Å². The van der Waals surface area contributed by atoms with E-state index in [9.17, 15) is 4.79 Å². The number of aliphatic hydroxyl groups is 1. The Labute approximate surface area is 181 Å². The molecule has 3 heteroatoms. The third-order valence-electron chi connectivity index (χ3n) is 5.12. The third kappa shape index (κ3) is 7.31. The van der Waals surface area contributed by atoms with Crippen LogP contribution in [0.15, 0.2) is 65.3 Å². The molecule has 0 fully saturated rings. The lowest BCUT2D eigenvalue weighted by Crippen LogP contribution is -2.26. The van der Waals surface area contributed by atoms with E-state index in [2.05, 4.69) is 57.3 Å². The number of nitrogens with one attached hydrogen (secondary N) is 1. The average Bonchev–Trinajstić information content (AvgIpc) is 2.72. The van der Waals surface area contributed by atoms with Crippen LogP contribution in [0.1, 0.15) is 69.3 Å². The number of carbonyl (C=O) groups is 1. The van der Waals surface area contributed by atoms with E-state index >= 15 is 0 Å². The molecule has 0 bridgehead atoms. The molecule has 0 aliphatic rings. The Morgan fingerprint density at radius 2 is 1.57 bits per heavy atom. The zero-order valence-corrected chi connectivity index (χ0v) is 18.8. The van der Waals surface area contributed by atoms with Gasteiger partial charge in [0.2, 0.25) is 0 Å². The Morgan fingerprint density at radius 3 is 2.27 bits per heavy atom. The molecule has 0 unspecified atom stereocenters. The molecule has 2 aromatic carbocycles. The van der Waals surface area contributed by atoms with Crippen LogP contribution in [0.25, 0.3) is 16.8 Å². The zero-order chi connectivity index (χ0) is 21.9. The number of carbonyl (C=O) groups excluding carboxylic acids is 1. The molecule has 30 heavy (non-hydrogen) atoms. The quantitative estimate of drug-likeness (QED) is 0.447. The third-order valence-corrected chi connectivity index (χ3v) is 5.12. The highest BCUT2D eigenvalue weighted by Crippen LogP contribution is 2.25. The van der Waals surface area contributed by atoms with E-state index < -0.39 is 0 Å². The Morgan fingerprint density at radius 1 is 0.900 bits per heavy atom. The SMILES string of the molecule is CC(C)=CCCC(C)=CCCC(C)=Cc1ccc(C(=O)NCCO)c2ccccc12. The molecule has 160 valence electrons. The first-order valence-electron chi connectivity index (χ1n) is 10.8. The van der Waals surface area contributed by atoms with Crippen LogP contribution in [0.3, 0.4) is 0 Å². The molecular formula is C27H35NO2. The summed E-state index contributed by atoms with van der Waals surface area (Å²) in [6.07, 6.45) is 11.2. The molecule has 3 nitrogen and oxygen atoms in total. The second kappa shape index (κ2) is 12.1. The van der Waals surface area contributed by atoms with Crippen LogP contribution >= 0.6 is 0 Å². The maximum atomic E-state index is 12.4. The Kier molecular flexibility index (Phi) is 9.56. The minimum atomic E-state index is -0.152. The van der Waals surface area contributed by atoms with Crippen molar-refractivity contribution in [1.29, 1.82) is 0 Å². The lowest BCUT2D eigenvalue weighted by atomic mass is 9.97. The van der Waals surface area contributed by atoms with Crippen LogP contribution in [0, 0.1) is 0 Å². The van der Waals surface area contributed by atoms with Gasteiger partial charge in [-0.25, -0.2) is 0 Å². The van der Waals surface area contributed by atoms with Crippen LogP contribution in [0.5, 0.6) is 0 Å². The van der Waals surface area contributed by atoms with E-state index in [-0.39, 0.29) is 19.1 Å². The van der Waals surface area contributed by atoms with Crippen LogP contribution in [-0.2, 0) is 0 Å². The fourth-order valence-corrected chi connectivity index (χ4v) is 3.49. The van der Waals surface area contributed by atoms with Crippen LogP contribution < -0.4 is 5.32 Å². The van der Waals surface area contributed by atoms with Crippen molar-refractivity contribution in [2.24, 2.45) is 0 Å². The van der Waals surface area contributed by atoms with Gasteiger partial charge in [0, 0.05) is 12.1 Å². The molecule has 0 spiro atoms. The molecule has 0 heterocycles. The smallest absolute Gasteiger partial charge is 0.251 e. The van der Waals surface area contributed by atoms with Crippen molar-refractivity contribution in [3.05, 3.63) is 76.4 Å². The minimum Gasteiger partial charge on any atom is -0.395 e. The first-order chi connectivity index (χ1) is 14.4. The normalized spacial score (nSPS) is 12.2. The summed E-state index contributed by atoms with van der Waals surface area (Å²) < 4.78 is 0. The highest BCUT2D eigenvalue weighted by atomic mass is 16.3. The molecule has 0 aliphatic heterocycles. The molecule has 0 radical (unpaired) electrons. The van der Waals surface area contributed by atoms with Crippen molar-refractivity contribution in [2.75, 3.05) is 13.2 Å². The fourth-order valence-electron chi connectivity index (χ4n) is 3.49. The average molecular weight is 406 g/mol. The summed E-state index contributed by atoms with van der Waals surface area (Å²) in [6.45, 7) is 8.87. The topological polar surface area (TPSA) is 49.3 Å². The number of hydrogen-bond donors (Lipinski definition) is 2. The van der Waals surface area contributed by atoms with E-state index in [1.165, 1.54) is 16.7 Å². The summed E-state index contributed by atoms with van der Waals surface area (Å²) in [5, 5.41) is 13.7. The highest BCUT2D eigenvalue weighted by molar-refractivity contribution is 6.09. The lowest BCUT2D eigenvalue weighted by Gasteiger charge is -2.10. The molecule has 0 aromatic heterocycles. The van der Waals surface area contributed by atoms with E-state index in [1.807, 2.05) is 30.3 Å². The van der Waals surface area contributed by atoms with Gasteiger partial charge in [-0.15, -0.1) is 0 Å². The summed E-state index contributed by atoms with van der Waals surface area (Å²) in [7, 11) is 0. The molecule has 0 saturated carbocycles. The van der Waals surface area contributed by atoms with Gasteiger partial charge >= 0.3 is 0 Å². The van der Waals surface area contributed by atoms with Crippen molar-refractivity contribution < 1.29 is 9.90 Å². The second-order valence-electron chi connectivity index (χ2n) is 8.13. The van der Waals surface area contributed by atoms with Crippen LogP contribution in [0.4, 0.5) is 0 Å². The lowest BCUT2D eigenvalue weighted by molar-refractivity contribution is 0.0946. The van der Waals surface area contributed by atoms with Crippen LogP contribution in [-0.4, -0.2) is 24.2 Å². The summed E-state index contributed by atoms with van der Waals surface area (Å²) in [5.41, 5.74) is 5.93. The molecule has 1 amide bonds. The molecule has 0 atom stereocenters. The van der Waals surface area contributed by atoms with Gasteiger partial charge in [-0.05, 0) is 75.8 Å². The van der Waals surface area contributed by atoms with Gasteiger partial charge in [0.05, 0.1) is 6.61 Å². The maximum absolute atomic E-state index is 12.4. The predicted octanol–water partition coefficient (Wildman–Crippen LogP) is 6.44. The number of benzene rings is 2. The van der Waals surface area contributed by atoms with Gasteiger partial charge < -0.3 is 10.4 Å². The Bertz CT molecular complexity index is 946. The molecule has 2 N–H and O–H groups in total. The van der Waals surface area contributed by atoms with Crippen LogP contribution in [0.2, 0.25) is 0 Å². The maximum Gasteiger partial charge on any atom is 0.251 e. The van der Waals surface area contributed by atoms with Gasteiger partial charge in [-0.3, -0.25) is 4.79 Å². The number of hydrogen-bond acceptors (Lipinski definition) is 2. The standard InChI is InChI=1S/C27H35NO2/c1-20(2)9-7-10-21(3)11-8-12-22(4)19-23-15-16-26(27(30)28-17-18-29)25-14-6-5-13-24(23)25/h5-6,9,11,13-16,19,29H,7-8,10,12,17-18H2,1-4H3,(H,28,30). The summed E-state index contributed by atoms with van der Waals surface area (Å²) in [5.74, 6) is -0.152. The number of allylic oxidation sites excluding steroid dienone is 5. The summed E-state index contributed by atoms with van der Waals surface area (Å²) in [4.78, 5) is 12.4. The van der Waals surface area contributed by atoms with Crippen molar-refractivity contribution in [3.63, 3.8) is 0 Å². The minimum absolute atomic E-state index is 0.0629. The molecule has 2 aromatic rings. The molecular weight excluding hydrogens is 370 g/mol. The number of fused-ring (bicyclic) bond motifs is 1. The predicted molar refractivity (Wildman–Crippen MR) is 129 cm³/mol. The second-order valence-corrected chi connectivity index (χ2v) is 8.13. The van der Waals surface area contributed by atoms with Gasteiger partial charge in [0.15, 0.2) is 0 Å². The summed E-state index contributed by atoms with van der Waals surface area (Å²) >= 11 is 0.